The molecule has 5 rings (SSSR count). The Hall–Kier alpha value is -3.64. The average molecular weight is 518 g/mol. The number of fused-ring (bicyclic) bond motifs is 1. The maximum Gasteiger partial charge on any atom is 0.573 e. The van der Waals surface area contributed by atoms with Crippen molar-refractivity contribution in [1.82, 2.24) is 20.2 Å². The zero-order valence-electron chi connectivity index (χ0n) is 20.1. The molecule has 2 aromatic rings. The third kappa shape index (κ3) is 5.70. The van der Waals surface area contributed by atoms with Gasteiger partial charge in [-0.25, -0.2) is 15.3 Å². The van der Waals surface area contributed by atoms with Crippen LogP contribution in [0, 0.1) is 6.92 Å². The van der Waals surface area contributed by atoms with E-state index in [1.807, 2.05) is 19.1 Å². The first-order valence-electron chi connectivity index (χ1n) is 11.9. The van der Waals surface area contributed by atoms with Crippen LogP contribution in [0.1, 0.15) is 32.6 Å². The molecule has 1 fully saturated rings. The average Bonchev–Trinajstić information content (AvgIpc) is 3.44. The third-order valence-electron chi connectivity index (χ3n) is 6.62. The number of piperazine rings is 1. The number of hydroxylamine groups is 1. The van der Waals surface area contributed by atoms with Crippen LogP contribution < -0.4 is 10.2 Å². The molecule has 0 radical (unpaired) electrons. The van der Waals surface area contributed by atoms with Crippen LogP contribution >= 0.6 is 0 Å². The minimum atomic E-state index is -4.75. The Morgan fingerprint density at radius 3 is 2.57 bits per heavy atom. The standard InChI is InChI=1S/C25H26F3N5O4/c1-16-10-18(23-29-21(37-30-23)14-31-6-8-32(15-34)9-7-31)11-19-13-33(24(35)22(16)19)12-17-2-4-20(5-3-17)36-25(26,27)28/h2-5,10-11,15,21H,6-9,12-14H2,1H3,(H,29,30). The summed E-state index contributed by atoms with van der Waals surface area (Å²) in [6.07, 6.45) is -4.26. The van der Waals surface area contributed by atoms with Crippen LogP contribution in [0.4, 0.5) is 13.2 Å². The lowest BCUT2D eigenvalue weighted by atomic mass is 10.00. The number of halogens is 3. The predicted molar refractivity (Wildman–Crippen MR) is 127 cm³/mol. The summed E-state index contributed by atoms with van der Waals surface area (Å²) in [6.45, 7) is 5.99. The number of carbonyl (C=O) groups is 2. The number of alkyl halides is 3. The van der Waals surface area contributed by atoms with Crippen LogP contribution in [-0.4, -0.2) is 78.2 Å². The SMILES string of the molecule is Cc1cc(C2=NC(CN3CCN(C=O)CC3)ON2)cc2c1C(=O)N(Cc1ccc(OC(F)(F)F)cc1)C2. The van der Waals surface area contributed by atoms with Crippen LogP contribution in [0.3, 0.4) is 0 Å². The second-order valence-electron chi connectivity index (χ2n) is 9.27. The molecule has 0 spiro atoms. The number of benzene rings is 2. The van der Waals surface area contributed by atoms with Crippen LogP contribution in [0.2, 0.25) is 0 Å². The predicted octanol–water partition coefficient (Wildman–Crippen LogP) is 2.43. The van der Waals surface area contributed by atoms with E-state index >= 15 is 0 Å². The summed E-state index contributed by atoms with van der Waals surface area (Å²) in [5.74, 6) is 0.162. The van der Waals surface area contributed by atoms with Gasteiger partial charge in [-0.15, -0.1) is 13.2 Å². The number of hydrogen-bond donors (Lipinski definition) is 1. The van der Waals surface area contributed by atoms with Gasteiger partial charge >= 0.3 is 6.36 Å². The normalized spacial score (nSPS) is 20.1. The van der Waals surface area contributed by atoms with Gasteiger partial charge in [0.1, 0.15) is 5.75 Å². The number of aryl methyl sites for hydroxylation is 1. The second-order valence-corrected chi connectivity index (χ2v) is 9.27. The summed E-state index contributed by atoms with van der Waals surface area (Å²) in [6, 6.07) is 9.32. The lowest BCUT2D eigenvalue weighted by Gasteiger charge is -2.32. The van der Waals surface area contributed by atoms with Crippen molar-refractivity contribution < 1.29 is 32.3 Å². The molecular weight excluding hydrogens is 491 g/mol. The van der Waals surface area contributed by atoms with Crippen molar-refractivity contribution in [3.8, 4) is 5.75 Å². The number of nitrogens with zero attached hydrogens (tertiary/aromatic N) is 4. The highest BCUT2D eigenvalue weighted by molar-refractivity contribution is 6.04. The van der Waals surface area contributed by atoms with Gasteiger partial charge in [-0.05, 0) is 47.9 Å². The monoisotopic (exact) mass is 517 g/mol. The van der Waals surface area contributed by atoms with Crippen molar-refractivity contribution in [3.63, 3.8) is 0 Å². The number of amidine groups is 1. The molecule has 3 aliphatic rings. The van der Waals surface area contributed by atoms with Crippen LogP contribution in [0.15, 0.2) is 41.4 Å². The third-order valence-corrected chi connectivity index (χ3v) is 6.62. The largest absolute Gasteiger partial charge is 0.573 e. The number of aliphatic imine (C=N–C) groups is 1. The van der Waals surface area contributed by atoms with Gasteiger partial charge in [0.05, 0.1) is 0 Å². The minimum Gasteiger partial charge on any atom is -0.406 e. The van der Waals surface area contributed by atoms with Gasteiger partial charge in [0.15, 0.2) is 12.1 Å². The quantitative estimate of drug-likeness (QED) is 0.568. The summed E-state index contributed by atoms with van der Waals surface area (Å²) in [4.78, 5) is 39.9. The Morgan fingerprint density at radius 1 is 1.16 bits per heavy atom. The molecule has 0 aromatic heterocycles. The summed E-state index contributed by atoms with van der Waals surface area (Å²) in [5.41, 5.74) is 6.71. The first-order chi connectivity index (χ1) is 17.7. The van der Waals surface area contributed by atoms with Crippen LogP contribution in [0.5, 0.6) is 5.75 Å². The van der Waals surface area contributed by atoms with E-state index in [1.54, 1.807) is 9.80 Å². The van der Waals surface area contributed by atoms with E-state index in [0.717, 1.165) is 36.2 Å². The number of nitrogens with one attached hydrogen (secondary N) is 1. The maximum absolute atomic E-state index is 13.1. The Kier molecular flexibility index (Phi) is 6.78. The number of amides is 2. The molecule has 0 bridgehead atoms. The number of ether oxygens (including phenoxy) is 1. The molecule has 2 aromatic carbocycles. The van der Waals surface area contributed by atoms with Crippen LogP contribution in [0.25, 0.3) is 0 Å². The molecule has 37 heavy (non-hydrogen) atoms. The number of carbonyl (C=O) groups excluding carboxylic acids is 2. The summed E-state index contributed by atoms with van der Waals surface area (Å²) < 4.78 is 41.1. The molecule has 3 aliphatic heterocycles. The van der Waals surface area contributed by atoms with Gasteiger partial charge in [-0.3, -0.25) is 14.5 Å². The smallest absolute Gasteiger partial charge is 0.406 e. The fourth-order valence-electron chi connectivity index (χ4n) is 4.81. The van der Waals surface area contributed by atoms with Crippen molar-refractivity contribution in [1.29, 1.82) is 0 Å². The highest BCUT2D eigenvalue weighted by Crippen LogP contribution is 2.30. The van der Waals surface area contributed by atoms with E-state index in [-0.39, 0.29) is 24.4 Å². The zero-order chi connectivity index (χ0) is 26.2. The lowest BCUT2D eigenvalue weighted by Crippen LogP contribution is -2.47. The van der Waals surface area contributed by atoms with E-state index < -0.39 is 6.36 Å². The van der Waals surface area contributed by atoms with Crippen LogP contribution in [-0.2, 0) is 22.7 Å². The van der Waals surface area contributed by atoms with E-state index in [2.05, 4.69) is 20.1 Å². The van der Waals surface area contributed by atoms with E-state index in [4.69, 9.17) is 4.84 Å². The van der Waals surface area contributed by atoms with Gasteiger partial charge in [-0.1, -0.05) is 12.1 Å². The van der Waals surface area contributed by atoms with Gasteiger partial charge in [0.25, 0.3) is 5.91 Å². The van der Waals surface area contributed by atoms with Gasteiger partial charge in [-0.2, -0.15) is 0 Å². The maximum atomic E-state index is 13.1. The molecule has 1 atom stereocenters. The first-order valence-corrected chi connectivity index (χ1v) is 11.9. The molecule has 3 heterocycles. The first kappa shape index (κ1) is 25.0. The van der Waals surface area contributed by atoms with Crippen molar-refractivity contribution in [3.05, 3.63) is 64.2 Å². The van der Waals surface area contributed by atoms with Crippen molar-refractivity contribution >= 4 is 18.2 Å². The zero-order valence-corrected chi connectivity index (χ0v) is 20.1. The highest BCUT2D eigenvalue weighted by Gasteiger charge is 2.32. The fraction of sp³-hybridized carbons (Fsp3) is 0.400. The van der Waals surface area contributed by atoms with Crippen molar-refractivity contribution in [2.75, 3.05) is 32.7 Å². The van der Waals surface area contributed by atoms with Gasteiger partial charge < -0.3 is 14.5 Å². The molecule has 1 saturated heterocycles. The molecule has 1 N–H and O–H groups in total. The highest BCUT2D eigenvalue weighted by atomic mass is 19.4. The summed E-state index contributed by atoms with van der Waals surface area (Å²) >= 11 is 0. The fourth-order valence-corrected chi connectivity index (χ4v) is 4.81. The number of rotatable bonds is 7. The summed E-state index contributed by atoms with van der Waals surface area (Å²) in [7, 11) is 0. The van der Waals surface area contributed by atoms with Crippen molar-refractivity contribution in [2.24, 2.45) is 4.99 Å². The molecule has 12 heteroatoms. The Bertz CT molecular complexity index is 1210. The molecule has 0 saturated carbocycles. The summed E-state index contributed by atoms with van der Waals surface area (Å²) in [5, 5.41) is 0. The van der Waals surface area contributed by atoms with E-state index in [0.29, 0.717) is 43.1 Å². The van der Waals surface area contributed by atoms with E-state index in [1.165, 1.54) is 24.3 Å². The minimum absolute atomic E-state index is 0.125. The molecular formula is C25H26F3N5O4. The lowest BCUT2D eigenvalue weighted by molar-refractivity contribution is -0.274. The van der Waals surface area contributed by atoms with Gasteiger partial charge in [0.2, 0.25) is 6.41 Å². The molecule has 9 nitrogen and oxygen atoms in total. The molecule has 196 valence electrons. The second kappa shape index (κ2) is 10.0. The number of hydrogen-bond acceptors (Lipinski definition) is 7. The molecule has 1 unspecified atom stereocenters. The Labute approximate surface area is 211 Å². The van der Waals surface area contributed by atoms with Crippen molar-refractivity contribution in [2.45, 2.75) is 32.6 Å². The molecule has 2 amide bonds. The van der Waals surface area contributed by atoms with Gasteiger partial charge in [0, 0.05) is 56.9 Å². The Balaban J connectivity index is 1.24. The molecule has 0 aliphatic carbocycles. The topological polar surface area (TPSA) is 86.7 Å². The Morgan fingerprint density at radius 2 is 1.89 bits per heavy atom. The van der Waals surface area contributed by atoms with E-state index in [9.17, 15) is 22.8 Å².